The molecule has 2 rings (SSSR count). The molecule has 2 saturated heterocycles. The lowest BCUT2D eigenvalue weighted by atomic mass is 9.91. The molecule has 0 aliphatic carbocycles. The molecule has 1 spiro atoms. The van der Waals surface area contributed by atoms with E-state index in [-0.39, 0.29) is 31.4 Å². The molecule has 5 nitrogen and oxygen atoms in total. The first kappa shape index (κ1) is 8.00. The fourth-order valence-electron chi connectivity index (χ4n) is 1.50. The van der Waals surface area contributed by atoms with Crippen LogP contribution in [0.4, 0.5) is 0 Å². The van der Waals surface area contributed by atoms with Gasteiger partial charge >= 0.3 is 5.97 Å². The smallest absolute Gasteiger partial charge is 0.306 e. The summed E-state index contributed by atoms with van der Waals surface area (Å²) in [6, 6.07) is 0. The summed E-state index contributed by atoms with van der Waals surface area (Å²) in [5.41, 5.74) is -0.587. The maximum absolute atomic E-state index is 10.9. The van der Waals surface area contributed by atoms with Gasteiger partial charge in [0.2, 0.25) is 0 Å². The van der Waals surface area contributed by atoms with E-state index in [9.17, 15) is 13.2 Å². The molecule has 2 heterocycles. The number of hydrogen-bond donors (Lipinski definition) is 0. The van der Waals surface area contributed by atoms with E-state index < -0.39 is 15.5 Å². The molecule has 0 aromatic carbocycles. The average molecular weight is 192 g/mol. The first-order valence-corrected chi connectivity index (χ1v) is 5.12. The van der Waals surface area contributed by atoms with E-state index in [1.165, 1.54) is 0 Å². The minimum absolute atomic E-state index is 0.0844. The van der Waals surface area contributed by atoms with Gasteiger partial charge in [0.15, 0.2) is 0 Å². The van der Waals surface area contributed by atoms with E-state index in [4.69, 9.17) is 4.74 Å². The molecule has 0 aromatic heterocycles. The first-order chi connectivity index (χ1) is 5.52. The van der Waals surface area contributed by atoms with Crippen molar-refractivity contribution >= 4 is 16.1 Å². The van der Waals surface area contributed by atoms with Crippen molar-refractivity contribution in [2.75, 3.05) is 19.0 Å². The zero-order chi connectivity index (χ0) is 8.82. The third-order valence-corrected chi connectivity index (χ3v) is 3.53. The summed E-state index contributed by atoms with van der Waals surface area (Å²) in [7, 11) is -3.39. The molecule has 0 amide bonds. The topological polar surface area (TPSA) is 69.7 Å². The van der Waals surface area contributed by atoms with Crippen LogP contribution < -0.4 is 0 Å². The summed E-state index contributed by atoms with van der Waals surface area (Å²) >= 11 is 0. The van der Waals surface area contributed by atoms with Crippen molar-refractivity contribution in [1.82, 2.24) is 0 Å². The zero-order valence-corrected chi connectivity index (χ0v) is 7.09. The second kappa shape index (κ2) is 2.20. The number of hydrogen-bond acceptors (Lipinski definition) is 5. The molecule has 2 fully saturated rings. The number of ether oxygens (including phenoxy) is 1. The van der Waals surface area contributed by atoms with Crippen LogP contribution in [0.15, 0.2) is 0 Å². The summed E-state index contributed by atoms with van der Waals surface area (Å²) in [4.78, 5) is 10.7. The third kappa shape index (κ3) is 1.21. The average Bonchev–Trinajstić information content (AvgIpc) is 2.41. The van der Waals surface area contributed by atoms with Gasteiger partial charge in [0.25, 0.3) is 10.1 Å². The Hall–Kier alpha value is -0.620. The highest BCUT2D eigenvalue weighted by molar-refractivity contribution is 7.87. The van der Waals surface area contributed by atoms with E-state index in [2.05, 4.69) is 4.18 Å². The van der Waals surface area contributed by atoms with Gasteiger partial charge in [-0.1, -0.05) is 0 Å². The highest BCUT2D eigenvalue weighted by Gasteiger charge is 2.49. The van der Waals surface area contributed by atoms with E-state index in [1.54, 1.807) is 0 Å². The Balaban J connectivity index is 2.22. The van der Waals surface area contributed by atoms with Gasteiger partial charge < -0.3 is 4.74 Å². The molecule has 2 aliphatic rings. The van der Waals surface area contributed by atoms with E-state index in [0.29, 0.717) is 0 Å². The standard InChI is InChI=1S/C6H8O5S/c7-5-1-6(2-10-5)3-11-12(8,9)4-6/h1-4H2. The van der Waals surface area contributed by atoms with Gasteiger partial charge in [-0.25, -0.2) is 0 Å². The van der Waals surface area contributed by atoms with Crippen LogP contribution in [0.5, 0.6) is 0 Å². The van der Waals surface area contributed by atoms with Crippen molar-refractivity contribution in [2.24, 2.45) is 5.41 Å². The normalized spacial score (nSPS) is 38.8. The van der Waals surface area contributed by atoms with E-state index in [1.807, 2.05) is 0 Å². The molecule has 1 unspecified atom stereocenters. The van der Waals surface area contributed by atoms with Crippen LogP contribution in [-0.2, 0) is 23.8 Å². The van der Waals surface area contributed by atoms with Crippen molar-refractivity contribution in [3.63, 3.8) is 0 Å². The van der Waals surface area contributed by atoms with Gasteiger partial charge in [0, 0.05) is 0 Å². The fraction of sp³-hybridized carbons (Fsp3) is 0.833. The second-order valence-electron chi connectivity index (χ2n) is 3.30. The Bertz CT molecular complexity index is 319. The maximum Gasteiger partial charge on any atom is 0.306 e. The number of rotatable bonds is 0. The highest BCUT2D eigenvalue weighted by Crippen LogP contribution is 2.36. The predicted molar refractivity (Wildman–Crippen MR) is 37.7 cm³/mol. The molecule has 0 aromatic rings. The van der Waals surface area contributed by atoms with Crippen LogP contribution in [0, 0.1) is 5.41 Å². The van der Waals surface area contributed by atoms with Gasteiger partial charge in [-0.15, -0.1) is 0 Å². The van der Waals surface area contributed by atoms with Gasteiger partial charge in [-0.2, -0.15) is 8.42 Å². The Morgan fingerprint density at radius 3 is 2.50 bits per heavy atom. The van der Waals surface area contributed by atoms with Crippen LogP contribution in [0.1, 0.15) is 6.42 Å². The van der Waals surface area contributed by atoms with Gasteiger partial charge in [0.05, 0.1) is 24.2 Å². The predicted octanol–water partition coefficient (Wildman–Crippen LogP) is -0.720. The lowest BCUT2D eigenvalue weighted by Crippen LogP contribution is -2.25. The molecule has 0 N–H and O–H groups in total. The van der Waals surface area contributed by atoms with Gasteiger partial charge in [-0.05, 0) is 0 Å². The fourth-order valence-corrected chi connectivity index (χ4v) is 3.03. The number of cyclic esters (lactones) is 1. The molecule has 0 radical (unpaired) electrons. The van der Waals surface area contributed by atoms with Gasteiger partial charge in [-0.3, -0.25) is 8.98 Å². The Kier molecular flexibility index (Phi) is 1.47. The molecular formula is C6H8O5S. The van der Waals surface area contributed by atoms with Crippen molar-refractivity contribution in [3.8, 4) is 0 Å². The Morgan fingerprint density at radius 1 is 1.33 bits per heavy atom. The molecule has 6 heteroatoms. The largest absolute Gasteiger partial charge is 0.465 e. The number of esters is 1. The quantitative estimate of drug-likeness (QED) is 0.374. The van der Waals surface area contributed by atoms with Crippen molar-refractivity contribution in [2.45, 2.75) is 6.42 Å². The first-order valence-electron chi connectivity index (χ1n) is 3.54. The summed E-state index contributed by atoms with van der Waals surface area (Å²) in [5.74, 6) is -0.429. The molecular weight excluding hydrogens is 184 g/mol. The molecule has 12 heavy (non-hydrogen) atoms. The number of carbonyl (C=O) groups is 1. The van der Waals surface area contributed by atoms with Crippen LogP contribution >= 0.6 is 0 Å². The van der Waals surface area contributed by atoms with Crippen molar-refractivity contribution in [1.29, 1.82) is 0 Å². The second-order valence-corrected chi connectivity index (χ2v) is 4.94. The highest BCUT2D eigenvalue weighted by atomic mass is 32.2. The SMILES string of the molecule is O=C1CC2(CO1)COS(=O)(=O)C2. The van der Waals surface area contributed by atoms with Crippen LogP contribution in [-0.4, -0.2) is 33.4 Å². The minimum atomic E-state index is -3.39. The molecule has 68 valence electrons. The zero-order valence-electron chi connectivity index (χ0n) is 6.28. The monoisotopic (exact) mass is 192 g/mol. The summed E-state index contributed by atoms with van der Waals surface area (Å²) < 4.78 is 31.1. The Labute approximate surface area is 69.8 Å². The van der Waals surface area contributed by atoms with E-state index in [0.717, 1.165) is 0 Å². The maximum atomic E-state index is 10.9. The van der Waals surface area contributed by atoms with Crippen molar-refractivity contribution in [3.05, 3.63) is 0 Å². The van der Waals surface area contributed by atoms with Crippen molar-refractivity contribution < 1.29 is 22.1 Å². The molecule has 2 aliphatic heterocycles. The lowest BCUT2D eigenvalue weighted by Gasteiger charge is -2.11. The molecule has 1 atom stereocenters. The van der Waals surface area contributed by atoms with Crippen LogP contribution in [0.25, 0.3) is 0 Å². The van der Waals surface area contributed by atoms with Gasteiger partial charge in [0.1, 0.15) is 6.61 Å². The summed E-state index contributed by atoms with van der Waals surface area (Å²) in [6.45, 7) is 0.256. The lowest BCUT2D eigenvalue weighted by molar-refractivity contribution is -0.137. The number of carbonyl (C=O) groups excluding carboxylic acids is 1. The summed E-state index contributed by atoms with van der Waals surface area (Å²) in [6.07, 6.45) is 0.159. The Morgan fingerprint density at radius 2 is 2.08 bits per heavy atom. The van der Waals surface area contributed by atoms with Crippen LogP contribution in [0.2, 0.25) is 0 Å². The molecule has 0 saturated carbocycles. The van der Waals surface area contributed by atoms with E-state index >= 15 is 0 Å². The molecule has 0 bridgehead atoms. The third-order valence-electron chi connectivity index (χ3n) is 2.09. The van der Waals surface area contributed by atoms with Crippen LogP contribution in [0.3, 0.4) is 0 Å². The minimum Gasteiger partial charge on any atom is -0.465 e. The summed E-state index contributed by atoms with van der Waals surface area (Å²) in [5, 5.41) is 0.